The number of fused-ring (bicyclic) bond motifs is 1. The summed E-state index contributed by atoms with van der Waals surface area (Å²) in [5.41, 5.74) is 4.09. The summed E-state index contributed by atoms with van der Waals surface area (Å²) >= 11 is 1.67. The summed E-state index contributed by atoms with van der Waals surface area (Å²) in [5.74, 6) is 2.19. The van der Waals surface area contributed by atoms with Gasteiger partial charge in [0, 0.05) is 38.3 Å². The van der Waals surface area contributed by atoms with Gasteiger partial charge in [0.2, 0.25) is 0 Å². The third-order valence-corrected chi connectivity index (χ3v) is 6.33. The number of anilines is 1. The molecule has 7 nitrogen and oxygen atoms in total. The molecule has 1 fully saturated rings. The van der Waals surface area contributed by atoms with Crippen LogP contribution in [-0.4, -0.2) is 57.7 Å². The molecule has 0 atom stereocenters. The minimum Gasteiger partial charge on any atom is -0.496 e. The molecule has 0 amide bonds. The number of benzene rings is 1. The molecule has 2 aromatic heterocycles. The van der Waals surface area contributed by atoms with Crippen LogP contribution in [0.1, 0.15) is 18.4 Å². The lowest BCUT2D eigenvalue weighted by molar-refractivity contribution is 0.184. The SMILES string of the molecule is COCCN(CC1CC1)c1c(OC)nn2c(-c3ccc(COC)cc3OC)csc12. The minimum atomic E-state index is 0.547. The zero-order valence-electron chi connectivity index (χ0n) is 18.0. The third kappa shape index (κ3) is 4.12. The molecule has 1 aliphatic rings. The fraction of sp³-hybridized carbons (Fsp3) is 0.500. The Hall–Kier alpha value is -2.29. The molecule has 0 aliphatic heterocycles. The predicted octanol–water partition coefficient (Wildman–Crippen LogP) is 4.09. The molecule has 162 valence electrons. The molecular weight excluding hydrogens is 402 g/mol. The molecule has 30 heavy (non-hydrogen) atoms. The number of methoxy groups -OCH3 is 4. The highest BCUT2D eigenvalue weighted by Crippen LogP contribution is 2.42. The van der Waals surface area contributed by atoms with Crippen LogP contribution in [0.15, 0.2) is 23.6 Å². The Kier molecular flexibility index (Phi) is 6.46. The van der Waals surface area contributed by atoms with E-state index >= 15 is 0 Å². The van der Waals surface area contributed by atoms with Crippen LogP contribution in [0.25, 0.3) is 16.1 Å². The summed E-state index contributed by atoms with van der Waals surface area (Å²) < 4.78 is 24.0. The first kappa shape index (κ1) is 21.0. The molecule has 0 radical (unpaired) electrons. The van der Waals surface area contributed by atoms with Crippen LogP contribution >= 0.6 is 11.3 Å². The quantitative estimate of drug-likeness (QED) is 0.456. The van der Waals surface area contributed by atoms with E-state index < -0.39 is 0 Å². The smallest absolute Gasteiger partial charge is 0.258 e. The molecular formula is C22H29N3O4S. The number of thiazole rings is 1. The Morgan fingerprint density at radius 1 is 1.13 bits per heavy atom. The summed E-state index contributed by atoms with van der Waals surface area (Å²) in [5, 5.41) is 6.93. The van der Waals surface area contributed by atoms with Gasteiger partial charge in [-0.2, -0.15) is 0 Å². The highest BCUT2D eigenvalue weighted by atomic mass is 32.1. The molecule has 1 aliphatic carbocycles. The normalized spacial score (nSPS) is 13.7. The molecule has 8 heteroatoms. The van der Waals surface area contributed by atoms with Crippen LogP contribution in [-0.2, 0) is 16.1 Å². The van der Waals surface area contributed by atoms with Crippen molar-refractivity contribution >= 4 is 21.9 Å². The first-order valence-corrected chi connectivity index (χ1v) is 11.0. The van der Waals surface area contributed by atoms with Crippen LogP contribution in [0.3, 0.4) is 0 Å². The van der Waals surface area contributed by atoms with E-state index in [1.54, 1.807) is 39.8 Å². The molecule has 0 N–H and O–H groups in total. The van der Waals surface area contributed by atoms with E-state index in [4.69, 9.17) is 24.0 Å². The Bertz CT molecular complexity index is 996. The van der Waals surface area contributed by atoms with Gasteiger partial charge in [-0.1, -0.05) is 6.07 Å². The van der Waals surface area contributed by atoms with Crippen molar-refractivity contribution in [3.8, 4) is 22.9 Å². The van der Waals surface area contributed by atoms with Crippen molar-refractivity contribution in [1.29, 1.82) is 0 Å². The predicted molar refractivity (Wildman–Crippen MR) is 119 cm³/mol. The molecule has 0 saturated heterocycles. The fourth-order valence-corrected chi connectivity index (χ4v) is 4.72. The molecule has 0 spiro atoms. The van der Waals surface area contributed by atoms with E-state index in [0.717, 1.165) is 52.1 Å². The lowest BCUT2D eigenvalue weighted by Crippen LogP contribution is -2.29. The lowest BCUT2D eigenvalue weighted by Gasteiger charge is -2.23. The van der Waals surface area contributed by atoms with E-state index in [0.29, 0.717) is 19.1 Å². The standard InChI is InChI=1S/C22H29N3O4S/c1-26-10-9-24(12-15-5-6-15)20-21(29-4)23-25-18(14-30-22(20)25)17-8-7-16(13-27-2)11-19(17)28-3/h7-8,11,14-15H,5-6,9-10,12-13H2,1-4H3. The van der Waals surface area contributed by atoms with Gasteiger partial charge >= 0.3 is 0 Å². The first-order chi connectivity index (χ1) is 14.7. The fourth-order valence-electron chi connectivity index (χ4n) is 3.70. The number of rotatable bonds is 11. The van der Waals surface area contributed by atoms with Gasteiger partial charge < -0.3 is 23.8 Å². The maximum Gasteiger partial charge on any atom is 0.258 e. The van der Waals surface area contributed by atoms with Crippen molar-refractivity contribution in [3.63, 3.8) is 0 Å². The molecule has 1 saturated carbocycles. The van der Waals surface area contributed by atoms with Gasteiger partial charge in [0.25, 0.3) is 5.88 Å². The van der Waals surface area contributed by atoms with Crippen molar-refractivity contribution in [3.05, 3.63) is 29.1 Å². The zero-order chi connectivity index (χ0) is 21.1. The monoisotopic (exact) mass is 431 g/mol. The minimum absolute atomic E-state index is 0.547. The number of ether oxygens (including phenoxy) is 4. The Balaban J connectivity index is 1.77. The number of hydrogen-bond acceptors (Lipinski definition) is 7. The van der Waals surface area contributed by atoms with Crippen molar-refractivity contribution in [2.24, 2.45) is 5.92 Å². The Morgan fingerprint density at radius 2 is 1.97 bits per heavy atom. The third-order valence-electron chi connectivity index (χ3n) is 5.40. The Labute approximate surface area is 181 Å². The largest absolute Gasteiger partial charge is 0.496 e. The number of nitrogens with zero attached hydrogens (tertiary/aromatic N) is 3. The van der Waals surface area contributed by atoms with Gasteiger partial charge in [-0.05, 0) is 36.5 Å². The molecule has 4 rings (SSSR count). The molecule has 2 heterocycles. The number of hydrogen-bond donors (Lipinski definition) is 0. The highest BCUT2D eigenvalue weighted by Gasteiger charge is 2.29. The van der Waals surface area contributed by atoms with E-state index in [2.05, 4.69) is 22.4 Å². The Morgan fingerprint density at radius 3 is 2.63 bits per heavy atom. The second-order valence-corrected chi connectivity index (χ2v) is 8.40. The van der Waals surface area contributed by atoms with Crippen molar-refractivity contribution in [2.45, 2.75) is 19.4 Å². The summed E-state index contributed by atoms with van der Waals surface area (Å²) in [7, 11) is 6.80. The maximum atomic E-state index is 5.69. The van der Waals surface area contributed by atoms with Gasteiger partial charge in [-0.15, -0.1) is 16.4 Å². The molecule has 1 aromatic carbocycles. The molecule has 0 unspecified atom stereocenters. The van der Waals surface area contributed by atoms with Gasteiger partial charge in [0.1, 0.15) is 16.3 Å². The summed E-state index contributed by atoms with van der Waals surface area (Å²) in [6.07, 6.45) is 2.58. The van der Waals surface area contributed by atoms with Crippen LogP contribution in [0, 0.1) is 5.92 Å². The second kappa shape index (κ2) is 9.24. The van der Waals surface area contributed by atoms with E-state index in [-0.39, 0.29) is 0 Å². The molecule has 0 bridgehead atoms. The molecule has 3 aromatic rings. The lowest BCUT2D eigenvalue weighted by atomic mass is 10.1. The van der Waals surface area contributed by atoms with E-state index in [9.17, 15) is 0 Å². The van der Waals surface area contributed by atoms with Crippen LogP contribution < -0.4 is 14.4 Å². The van der Waals surface area contributed by atoms with Gasteiger partial charge in [0.15, 0.2) is 0 Å². The summed E-state index contributed by atoms with van der Waals surface area (Å²) in [4.78, 5) is 3.43. The first-order valence-electron chi connectivity index (χ1n) is 10.1. The summed E-state index contributed by atoms with van der Waals surface area (Å²) in [6, 6.07) is 6.14. The van der Waals surface area contributed by atoms with Crippen LogP contribution in [0.2, 0.25) is 0 Å². The average Bonchev–Trinajstić information content (AvgIpc) is 3.37. The van der Waals surface area contributed by atoms with Crippen LogP contribution in [0.4, 0.5) is 5.69 Å². The number of aromatic nitrogens is 2. The van der Waals surface area contributed by atoms with Crippen molar-refractivity contribution < 1.29 is 18.9 Å². The topological polar surface area (TPSA) is 57.5 Å². The second-order valence-electron chi connectivity index (χ2n) is 7.55. The highest BCUT2D eigenvalue weighted by molar-refractivity contribution is 7.16. The zero-order valence-corrected chi connectivity index (χ0v) is 18.8. The van der Waals surface area contributed by atoms with Gasteiger partial charge in [0.05, 0.1) is 33.1 Å². The maximum absolute atomic E-state index is 5.69. The van der Waals surface area contributed by atoms with Crippen molar-refractivity contribution in [2.75, 3.05) is 53.0 Å². The summed E-state index contributed by atoms with van der Waals surface area (Å²) in [6.45, 7) is 3.03. The van der Waals surface area contributed by atoms with Crippen LogP contribution in [0.5, 0.6) is 11.6 Å². The van der Waals surface area contributed by atoms with Gasteiger partial charge in [-0.25, -0.2) is 4.52 Å². The average molecular weight is 432 g/mol. The van der Waals surface area contributed by atoms with Gasteiger partial charge in [-0.3, -0.25) is 0 Å². The van der Waals surface area contributed by atoms with E-state index in [1.807, 2.05) is 10.6 Å². The van der Waals surface area contributed by atoms with E-state index in [1.165, 1.54) is 12.8 Å². The van der Waals surface area contributed by atoms with Crippen molar-refractivity contribution in [1.82, 2.24) is 9.61 Å².